The summed E-state index contributed by atoms with van der Waals surface area (Å²) < 4.78 is 22.1. The van der Waals surface area contributed by atoms with E-state index in [0.717, 1.165) is 11.1 Å². The van der Waals surface area contributed by atoms with Crippen LogP contribution in [0.15, 0.2) is 108 Å². The smallest absolute Gasteiger partial charge is 0.348 e. The zero-order valence-electron chi connectivity index (χ0n) is 22.5. The van der Waals surface area contributed by atoms with E-state index < -0.39 is 11.9 Å². The third-order valence-electron chi connectivity index (χ3n) is 6.32. The lowest BCUT2D eigenvalue weighted by molar-refractivity contribution is 0.0600. The number of benzene rings is 4. The lowest BCUT2D eigenvalue weighted by Crippen LogP contribution is -2.09. The topological polar surface area (TPSA) is 92.0 Å². The molecule has 7 nitrogen and oxygen atoms in total. The fraction of sp³-hybridized carbons (Fsp3) is 0.0882. The van der Waals surface area contributed by atoms with E-state index >= 15 is 0 Å². The van der Waals surface area contributed by atoms with Crippen LogP contribution in [-0.2, 0) is 4.74 Å². The van der Waals surface area contributed by atoms with E-state index in [9.17, 15) is 14.4 Å². The van der Waals surface area contributed by atoms with Crippen LogP contribution < -0.4 is 9.47 Å². The monoisotopic (exact) mass is 546 g/mol. The van der Waals surface area contributed by atoms with Gasteiger partial charge in [0.1, 0.15) is 28.4 Å². The number of ether oxygens (including phenoxy) is 3. The Morgan fingerprint density at radius 3 is 2.15 bits per heavy atom. The molecular weight excluding hydrogens is 520 g/mol. The van der Waals surface area contributed by atoms with Gasteiger partial charge >= 0.3 is 11.9 Å². The van der Waals surface area contributed by atoms with Crippen molar-refractivity contribution in [2.45, 2.75) is 6.92 Å². The Labute approximate surface area is 236 Å². The predicted molar refractivity (Wildman–Crippen MR) is 155 cm³/mol. The van der Waals surface area contributed by atoms with Gasteiger partial charge in [0.05, 0.1) is 19.3 Å². The van der Waals surface area contributed by atoms with Crippen LogP contribution in [-0.4, -0.2) is 31.4 Å². The van der Waals surface area contributed by atoms with Gasteiger partial charge in [-0.2, -0.15) is 0 Å². The number of carbonyl (C=O) groups excluding carboxylic acids is 3. The lowest BCUT2D eigenvalue weighted by Gasteiger charge is -2.07. The highest BCUT2D eigenvalue weighted by Gasteiger charge is 2.24. The molecule has 0 N–H and O–H groups in total. The van der Waals surface area contributed by atoms with E-state index in [1.807, 2.05) is 37.3 Å². The summed E-state index contributed by atoms with van der Waals surface area (Å²) in [4.78, 5) is 37.8. The van der Waals surface area contributed by atoms with Gasteiger partial charge in [-0.05, 0) is 73.2 Å². The molecule has 1 heterocycles. The van der Waals surface area contributed by atoms with Gasteiger partial charge in [0, 0.05) is 16.5 Å². The first-order chi connectivity index (χ1) is 20.0. The lowest BCUT2D eigenvalue weighted by atomic mass is 10.1. The summed E-state index contributed by atoms with van der Waals surface area (Å²) in [5, 5.41) is 0.580. The highest BCUT2D eigenvalue weighted by Crippen LogP contribution is 2.36. The molecule has 0 bridgehead atoms. The second kappa shape index (κ2) is 12.2. The molecule has 0 aliphatic heterocycles. The fourth-order valence-electron chi connectivity index (χ4n) is 4.29. The Kier molecular flexibility index (Phi) is 8.06. The summed E-state index contributed by atoms with van der Waals surface area (Å²) in [5.74, 6) is 0.0509. The van der Waals surface area contributed by atoms with Crippen molar-refractivity contribution in [1.29, 1.82) is 0 Å². The molecule has 0 atom stereocenters. The van der Waals surface area contributed by atoms with Crippen molar-refractivity contribution >= 4 is 34.8 Å². The summed E-state index contributed by atoms with van der Waals surface area (Å²) in [6, 6.07) is 27.7. The Morgan fingerprint density at radius 1 is 0.780 bits per heavy atom. The van der Waals surface area contributed by atoms with E-state index in [1.54, 1.807) is 72.8 Å². The van der Waals surface area contributed by atoms with Gasteiger partial charge in [-0.1, -0.05) is 48.5 Å². The van der Waals surface area contributed by atoms with E-state index in [0.29, 0.717) is 40.2 Å². The Balaban J connectivity index is 1.35. The molecule has 1 aromatic heterocycles. The maximum Gasteiger partial charge on any atom is 0.348 e. The number of ketones is 1. The highest BCUT2D eigenvalue weighted by molar-refractivity contribution is 6.10. The summed E-state index contributed by atoms with van der Waals surface area (Å²) in [6.45, 7) is 2.37. The number of furan rings is 1. The van der Waals surface area contributed by atoms with Crippen molar-refractivity contribution in [3.63, 3.8) is 0 Å². The number of methoxy groups -OCH3 is 1. The van der Waals surface area contributed by atoms with Gasteiger partial charge in [0.15, 0.2) is 5.78 Å². The third kappa shape index (κ3) is 6.09. The van der Waals surface area contributed by atoms with Crippen molar-refractivity contribution in [2.24, 2.45) is 0 Å². The molecule has 0 saturated heterocycles. The molecule has 0 fully saturated rings. The number of carbonyl (C=O) groups is 3. The maximum absolute atomic E-state index is 13.5. The van der Waals surface area contributed by atoms with Crippen LogP contribution in [0.2, 0.25) is 0 Å². The quantitative estimate of drug-likeness (QED) is 0.0823. The number of fused-ring (bicyclic) bond motifs is 1. The van der Waals surface area contributed by atoms with Crippen molar-refractivity contribution in [1.82, 2.24) is 0 Å². The van der Waals surface area contributed by atoms with Crippen LogP contribution in [0.25, 0.3) is 28.4 Å². The van der Waals surface area contributed by atoms with Gasteiger partial charge in [-0.3, -0.25) is 4.79 Å². The number of esters is 2. The normalized spacial score (nSPS) is 11.0. The molecule has 0 unspecified atom stereocenters. The minimum absolute atomic E-state index is 0.226. The summed E-state index contributed by atoms with van der Waals surface area (Å²) in [5.41, 5.74) is 3.16. The Bertz CT molecular complexity index is 1730. The molecule has 204 valence electrons. The molecule has 0 amide bonds. The van der Waals surface area contributed by atoms with E-state index in [4.69, 9.17) is 18.6 Å². The molecule has 5 rings (SSSR count). The van der Waals surface area contributed by atoms with Crippen molar-refractivity contribution in [2.75, 3.05) is 13.7 Å². The van der Waals surface area contributed by atoms with Gasteiger partial charge in [0.2, 0.25) is 0 Å². The standard InChI is InChI=1S/C34H26O7/c1-3-39-27-18-20-30-28(21-27)31(32(41-30)24-7-5-4-6-8-24)34(37)40-26-16-14-23(15-17-26)29(35)19-11-22-9-12-25(13-10-22)33(36)38-2/h4-21H,3H2,1-2H3. The molecule has 0 aliphatic rings. The largest absolute Gasteiger partial charge is 0.494 e. The average Bonchev–Trinajstić information content (AvgIpc) is 3.40. The van der Waals surface area contributed by atoms with Crippen LogP contribution in [0.3, 0.4) is 0 Å². The van der Waals surface area contributed by atoms with Crippen molar-refractivity contribution in [3.8, 4) is 22.8 Å². The predicted octanol–water partition coefficient (Wildman–Crippen LogP) is 7.40. The second-order valence-corrected chi connectivity index (χ2v) is 8.99. The summed E-state index contributed by atoms with van der Waals surface area (Å²) >= 11 is 0. The molecular formula is C34H26O7. The van der Waals surface area contributed by atoms with Gasteiger partial charge < -0.3 is 18.6 Å². The number of hydrogen-bond acceptors (Lipinski definition) is 7. The number of hydrogen-bond donors (Lipinski definition) is 0. The molecule has 0 saturated carbocycles. The SMILES string of the molecule is CCOc1ccc2oc(-c3ccccc3)c(C(=O)Oc3ccc(C(=O)C=Cc4ccc(C(=O)OC)cc4)cc3)c2c1. The highest BCUT2D eigenvalue weighted by atomic mass is 16.5. The number of allylic oxidation sites excluding steroid dienone is 1. The van der Waals surface area contributed by atoms with E-state index in [1.165, 1.54) is 13.2 Å². The van der Waals surface area contributed by atoms with E-state index in [2.05, 4.69) is 0 Å². The van der Waals surface area contributed by atoms with Crippen LogP contribution in [0.5, 0.6) is 11.5 Å². The molecule has 4 aromatic carbocycles. The van der Waals surface area contributed by atoms with Crippen LogP contribution in [0.1, 0.15) is 43.6 Å². The van der Waals surface area contributed by atoms with Gasteiger partial charge in [-0.15, -0.1) is 0 Å². The first-order valence-electron chi connectivity index (χ1n) is 12.9. The van der Waals surface area contributed by atoms with Crippen molar-refractivity contribution in [3.05, 3.63) is 125 Å². The molecule has 0 radical (unpaired) electrons. The Hall–Kier alpha value is -5.43. The molecule has 7 heteroatoms. The van der Waals surface area contributed by atoms with Gasteiger partial charge in [0.25, 0.3) is 0 Å². The van der Waals surface area contributed by atoms with Gasteiger partial charge in [-0.25, -0.2) is 9.59 Å². The minimum atomic E-state index is -0.592. The minimum Gasteiger partial charge on any atom is -0.494 e. The second-order valence-electron chi connectivity index (χ2n) is 8.99. The summed E-state index contributed by atoms with van der Waals surface area (Å²) in [6.07, 6.45) is 3.09. The molecule has 5 aromatic rings. The zero-order chi connectivity index (χ0) is 28.8. The van der Waals surface area contributed by atoms with E-state index in [-0.39, 0.29) is 17.1 Å². The van der Waals surface area contributed by atoms with Crippen molar-refractivity contribution < 1.29 is 33.0 Å². The first-order valence-corrected chi connectivity index (χ1v) is 12.9. The first kappa shape index (κ1) is 27.1. The fourth-order valence-corrected chi connectivity index (χ4v) is 4.29. The third-order valence-corrected chi connectivity index (χ3v) is 6.32. The number of rotatable bonds is 9. The molecule has 0 spiro atoms. The average molecular weight is 547 g/mol. The van der Waals surface area contributed by atoms with Crippen LogP contribution in [0.4, 0.5) is 0 Å². The van der Waals surface area contributed by atoms with Crippen LogP contribution in [0, 0.1) is 0 Å². The Morgan fingerprint density at radius 2 is 1.46 bits per heavy atom. The zero-order valence-corrected chi connectivity index (χ0v) is 22.5. The summed E-state index contributed by atoms with van der Waals surface area (Å²) in [7, 11) is 1.32. The molecule has 0 aliphatic carbocycles. The maximum atomic E-state index is 13.5. The molecule has 41 heavy (non-hydrogen) atoms. The van der Waals surface area contributed by atoms with Crippen LogP contribution >= 0.6 is 0 Å².